The molecule has 1 aromatic rings. The van der Waals surface area contributed by atoms with Gasteiger partial charge in [-0.05, 0) is 25.5 Å². The number of aliphatic imine (C=N–C) groups is 1. The molecule has 4 heteroatoms. The smallest absolute Gasteiger partial charge is 0.191 e. The van der Waals surface area contributed by atoms with Crippen LogP contribution in [0.3, 0.4) is 0 Å². The maximum atomic E-state index is 5.37. The third kappa shape index (κ3) is 5.04. The zero-order valence-corrected chi connectivity index (χ0v) is 12.0. The Kier molecular flexibility index (Phi) is 6.50. The molecule has 1 aromatic carbocycles. The van der Waals surface area contributed by atoms with Crippen molar-refractivity contribution in [2.24, 2.45) is 4.99 Å². The van der Waals surface area contributed by atoms with Crippen LogP contribution in [0.25, 0.3) is 0 Å². The summed E-state index contributed by atoms with van der Waals surface area (Å²) in [4.78, 5) is 4.53. The number of methoxy groups -OCH3 is 1. The summed E-state index contributed by atoms with van der Waals surface area (Å²) < 4.78 is 5.37. The van der Waals surface area contributed by atoms with Gasteiger partial charge in [-0.15, -0.1) is 6.58 Å². The highest BCUT2D eigenvalue weighted by Crippen LogP contribution is 2.20. The van der Waals surface area contributed by atoms with E-state index < -0.39 is 0 Å². The van der Waals surface area contributed by atoms with Gasteiger partial charge in [0.05, 0.1) is 13.7 Å². The largest absolute Gasteiger partial charge is 0.496 e. The molecule has 0 unspecified atom stereocenters. The lowest BCUT2D eigenvalue weighted by Crippen LogP contribution is -2.37. The molecule has 0 atom stereocenters. The molecule has 0 saturated heterocycles. The Morgan fingerprint density at radius 2 is 2.21 bits per heavy atom. The fourth-order valence-corrected chi connectivity index (χ4v) is 1.66. The van der Waals surface area contributed by atoms with Crippen molar-refractivity contribution in [2.75, 3.05) is 20.2 Å². The fraction of sp³-hybridized carbons (Fsp3) is 0.400. The van der Waals surface area contributed by atoms with Gasteiger partial charge in [-0.1, -0.05) is 18.2 Å². The number of guanidine groups is 1. The second kappa shape index (κ2) is 8.19. The van der Waals surface area contributed by atoms with Crippen molar-refractivity contribution in [1.29, 1.82) is 0 Å². The minimum absolute atomic E-state index is 0.579. The summed E-state index contributed by atoms with van der Waals surface area (Å²) in [6, 6.07) is 6.14. The molecule has 0 bridgehead atoms. The minimum Gasteiger partial charge on any atom is -0.496 e. The first-order chi connectivity index (χ1) is 9.21. The van der Waals surface area contributed by atoms with Gasteiger partial charge < -0.3 is 15.4 Å². The van der Waals surface area contributed by atoms with Crippen molar-refractivity contribution in [1.82, 2.24) is 10.6 Å². The highest BCUT2D eigenvalue weighted by Gasteiger charge is 2.03. The molecule has 1 rings (SSSR count). The first-order valence-corrected chi connectivity index (χ1v) is 6.47. The van der Waals surface area contributed by atoms with Gasteiger partial charge >= 0.3 is 0 Å². The Bertz CT molecular complexity index is 441. The highest BCUT2D eigenvalue weighted by molar-refractivity contribution is 5.79. The molecule has 4 nitrogen and oxygen atoms in total. The fourth-order valence-electron chi connectivity index (χ4n) is 1.66. The highest BCUT2D eigenvalue weighted by atomic mass is 16.5. The van der Waals surface area contributed by atoms with E-state index in [-0.39, 0.29) is 0 Å². The van der Waals surface area contributed by atoms with Crippen LogP contribution in [0.5, 0.6) is 5.75 Å². The van der Waals surface area contributed by atoms with Gasteiger partial charge in [-0.25, -0.2) is 4.99 Å². The SMILES string of the molecule is C=CCNC(=NCc1ccc(C)cc1OC)NCC. The Hall–Kier alpha value is -1.97. The molecular formula is C15H23N3O. The lowest BCUT2D eigenvalue weighted by atomic mass is 10.1. The first kappa shape index (κ1) is 15.1. The molecule has 0 aliphatic rings. The normalized spacial score (nSPS) is 11.0. The van der Waals surface area contributed by atoms with Crippen LogP contribution in [0.1, 0.15) is 18.1 Å². The van der Waals surface area contributed by atoms with Gasteiger partial charge in [0.2, 0.25) is 0 Å². The number of rotatable bonds is 6. The first-order valence-electron chi connectivity index (χ1n) is 6.47. The van der Waals surface area contributed by atoms with Crippen molar-refractivity contribution in [3.05, 3.63) is 42.0 Å². The Morgan fingerprint density at radius 3 is 2.84 bits per heavy atom. The molecule has 0 aliphatic carbocycles. The molecule has 0 amide bonds. The maximum absolute atomic E-state index is 5.37. The summed E-state index contributed by atoms with van der Waals surface area (Å²) in [6.45, 7) is 9.87. The van der Waals surface area contributed by atoms with Crippen molar-refractivity contribution >= 4 is 5.96 Å². The predicted octanol–water partition coefficient (Wildman–Crippen LogP) is 2.24. The zero-order valence-electron chi connectivity index (χ0n) is 12.0. The molecule has 0 aliphatic heterocycles. The quantitative estimate of drug-likeness (QED) is 0.469. The van der Waals surface area contributed by atoms with Crippen LogP contribution in [-0.2, 0) is 6.54 Å². The molecule has 0 saturated carbocycles. The average Bonchev–Trinajstić information content (AvgIpc) is 2.42. The predicted molar refractivity (Wildman–Crippen MR) is 80.7 cm³/mol. The molecule has 2 N–H and O–H groups in total. The van der Waals surface area contributed by atoms with E-state index in [9.17, 15) is 0 Å². The summed E-state index contributed by atoms with van der Waals surface area (Å²) in [5, 5.41) is 6.36. The van der Waals surface area contributed by atoms with E-state index >= 15 is 0 Å². The molecular weight excluding hydrogens is 238 g/mol. The number of benzene rings is 1. The minimum atomic E-state index is 0.579. The van der Waals surface area contributed by atoms with Crippen molar-refractivity contribution in [3.8, 4) is 5.75 Å². The summed E-state index contributed by atoms with van der Waals surface area (Å²) in [5.41, 5.74) is 2.25. The number of nitrogens with one attached hydrogen (secondary N) is 2. The van der Waals surface area contributed by atoms with Gasteiger partial charge in [-0.2, -0.15) is 0 Å². The van der Waals surface area contributed by atoms with Crippen LogP contribution in [0.4, 0.5) is 0 Å². The van der Waals surface area contributed by atoms with Crippen LogP contribution in [0.2, 0.25) is 0 Å². The van der Waals surface area contributed by atoms with Crippen LogP contribution >= 0.6 is 0 Å². The van der Waals surface area contributed by atoms with Crippen LogP contribution in [0.15, 0.2) is 35.8 Å². The van der Waals surface area contributed by atoms with Crippen LogP contribution in [-0.4, -0.2) is 26.2 Å². The van der Waals surface area contributed by atoms with E-state index in [1.54, 1.807) is 13.2 Å². The van der Waals surface area contributed by atoms with E-state index in [4.69, 9.17) is 4.74 Å². The van der Waals surface area contributed by atoms with Crippen LogP contribution < -0.4 is 15.4 Å². The second-order valence-electron chi connectivity index (χ2n) is 4.18. The number of aryl methyl sites for hydroxylation is 1. The number of nitrogens with zero attached hydrogens (tertiary/aromatic N) is 1. The lowest BCUT2D eigenvalue weighted by molar-refractivity contribution is 0.409. The Balaban J connectivity index is 2.78. The van der Waals surface area contributed by atoms with E-state index in [2.05, 4.69) is 34.3 Å². The van der Waals surface area contributed by atoms with E-state index in [1.165, 1.54) is 5.56 Å². The molecule has 104 valence electrons. The van der Waals surface area contributed by atoms with Gasteiger partial charge in [-0.3, -0.25) is 0 Å². The number of hydrogen-bond donors (Lipinski definition) is 2. The molecule has 0 fully saturated rings. The summed E-state index contributed by atoms with van der Waals surface area (Å²) in [7, 11) is 1.68. The van der Waals surface area contributed by atoms with Crippen molar-refractivity contribution in [3.63, 3.8) is 0 Å². The van der Waals surface area contributed by atoms with Crippen LogP contribution in [0, 0.1) is 6.92 Å². The van der Waals surface area contributed by atoms with Crippen molar-refractivity contribution < 1.29 is 4.74 Å². The van der Waals surface area contributed by atoms with Crippen molar-refractivity contribution in [2.45, 2.75) is 20.4 Å². The van der Waals surface area contributed by atoms with E-state index in [1.807, 2.05) is 19.9 Å². The maximum Gasteiger partial charge on any atom is 0.191 e. The average molecular weight is 261 g/mol. The standard InChI is InChI=1S/C15H23N3O/c1-5-9-17-15(16-6-2)18-11-13-8-7-12(3)10-14(13)19-4/h5,7-8,10H,1,6,9,11H2,2-4H3,(H2,16,17,18). The third-order valence-corrected chi connectivity index (χ3v) is 2.61. The number of ether oxygens (including phenoxy) is 1. The molecule has 0 spiro atoms. The molecule has 0 aromatic heterocycles. The van der Waals surface area contributed by atoms with Gasteiger partial charge in [0.15, 0.2) is 5.96 Å². The summed E-state index contributed by atoms with van der Waals surface area (Å²) in [6.07, 6.45) is 1.80. The molecule has 0 radical (unpaired) electrons. The molecule has 19 heavy (non-hydrogen) atoms. The monoisotopic (exact) mass is 261 g/mol. The Morgan fingerprint density at radius 1 is 1.42 bits per heavy atom. The lowest BCUT2D eigenvalue weighted by Gasteiger charge is -2.11. The number of hydrogen-bond acceptors (Lipinski definition) is 2. The second-order valence-corrected chi connectivity index (χ2v) is 4.18. The van der Waals surface area contributed by atoms with E-state index in [0.717, 1.165) is 23.8 Å². The van der Waals surface area contributed by atoms with E-state index in [0.29, 0.717) is 13.1 Å². The van der Waals surface area contributed by atoms with Gasteiger partial charge in [0, 0.05) is 18.7 Å². The zero-order chi connectivity index (χ0) is 14.1. The summed E-state index contributed by atoms with van der Waals surface area (Å²) >= 11 is 0. The van der Waals surface area contributed by atoms with Gasteiger partial charge in [0.1, 0.15) is 5.75 Å². The molecule has 0 heterocycles. The van der Waals surface area contributed by atoms with Gasteiger partial charge in [0.25, 0.3) is 0 Å². The third-order valence-electron chi connectivity index (χ3n) is 2.61. The summed E-state index contributed by atoms with van der Waals surface area (Å²) in [5.74, 6) is 1.66. The Labute approximate surface area is 115 Å². The topological polar surface area (TPSA) is 45.7 Å².